The Hall–Kier alpha value is 0.0300. The Bertz CT molecular complexity index is 304. The summed E-state index contributed by atoms with van der Waals surface area (Å²) in [6.45, 7) is 1.53. The molecule has 0 N–H and O–H groups in total. The van der Waals surface area contributed by atoms with E-state index in [1.165, 1.54) is 13.0 Å². The van der Waals surface area contributed by atoms with Gasteiger partial charge in [0.25, 0.3) is 6.43 Å². The molecule has 0 radical (unpaired) electrons. The number of hydrogen-bond donors (Lipinski definition) is 0. The second kappa shape index (κ2) is 3.83. The summed E-state index contributed by atoms with van der Waals surface area (Å²) >= 11 is 7.47. The number of alkyl halides is 2. The normalized spacial score (nSPS) is 10.8. The van der Waals surface area contributed by atoms with Crippen LogP contribution in [0.1, 0.15) is 17.6 Å². The van der Waals surface area contributed by atoms with Gasteiger partial charge in [0, 0.05) is 5.56 Å². The molecule has 0 aromatic carbocycles. The molecule has 0 aliphatic heterocycles. The third-order valence-electron chi connectivity index (χ3n) is 1.46. The Morgan fingerprint density at radius 1 is 1.58 bits per heavy atom. The third-order valence-corrected chi connectivity index (χ3v) is 2.38. The van der Waals surface area contributed by atoms with Crippen LogP contribution in [0.25, 0.3) is 0 Å². The molecule has 0 aliphatic carbocycles. The van der Waals surface area contributed by atoms with Crippen molar-refractivity contribution in [2.75, 3.05) is 0 Å². The third kappa shape index (κ3) is 2.04. The fourth-order valence-electron chi connectivity index (χ4n) is 0.792. The van der Waals surface area contributed by atoms with Crippen molar-refractivity contribution in [1.82, 2.24) is 4.98 Å². The van der Waals surface area contributed by atoms with Crippen molar-refractivity contribution in [2.24, 2.45) is 0 Å². The van der Waals surface area contributed by atoms with Crippen LogP contribution in [0.5, 0.6) is 0 Å². The van der Waals surface area contributed by atoms with Gasteiger partial charge >= 0.3 is 0 Å². The quantitative estimate of drug-likeness (QED) is 0.571. The first kappa shape index (κ1) is 10.1. The Balaban J connectivity index is 3.28. The highest BCUT2D eigenvalue weighted by Crippen LogP contribution is 2.27. The van der Waals surface area contributed by atoms with Gasteiger partial charge in [-0.25, -0.2) is 13.8 Å². The fraction of sp³-hybridized carbons (Fsp3) is 0.286. The number of hydrogen-bond acceptors (Lipinski definition) is 1. The molecule has 0 saturated carbocycles. The minimum absolute atomic E-state index is 0.0422. The smallest absolute Gasteiger partial charge is 0.230 e. The first-order valence-corrected chi connectivity index (χ1v) is 4.58. The van der Waals surface area contributed by atoms with Crippen LogP contribution in [-0.2, 0) is 0 Å². The predicted octanol–water partition coefficient (Wildman–Crippen LogP) is 3.59. The van der Waals surface area contributed by atoms with Gasteiger partial charge in [0.05, 0.1) is 0 Å². The van der Waals surface area contributed by atoms with Gasteiger partial charge in [-0.1, -0.05) is 11.6 Å². The summed E-state index contributed by atoms with van der Waals surface area (Å²) < 4.78 is 25.1. The van der Waals surface area contributed by atoms with Crippen molar-refractivity contribution in [3.05, 3.63) is 26.0 Å². The highest BCUT2D eigenvalue weighted by Gasteiger charge is 2.14. The molecule has 0 spiro atoms. The highest BCUT2D eigenvalue weighted by molar-refractivity contribution is 14.1. The molecule has 0 amide bonds. The van der Waals surface area contributed by atoms with Crippen LogP contribution < -0.4 is 0 Å². The molecule has 0 unspecified atom stereocenters. The number of nitrogens with zero attached hydrogens (tertiary/aromatic N) is 1. The summed E-state index contributed by atoms with van der Waals surface area (Å²) in [5, 5.41) is 0.150. The van der Waals surface area contributed by atoms with Gasteiger partial charge in [-0.3, -0.25) is 0 Å². The molecule has 5 heteroatoms. The van der Waals surface area contributed by atoms with Crippen LogP contribution in [0.3, 0.4) is 0 Å². The van der Waals surface area contributed by atoms with E-state index in [9.17, 15) is 8.78 Å². The van der Waals surface area contributed by atoms with Crippen molar-refractivity contribution in [2.45, 2.75) is 13.3 Å². The zero-order valence-corrected chi connectivity index (χ0v) is 9.03. The largest absolute Gasteiger partial charge is 0.264 e. The molecule has 0 bridgehead atoms. The molecule has 0 fully saturated rings. The summed E-state index contributed by atoms with van der Waals surface area (Å²) in [6.07, 6.45) is -2.49. The molecule has 1 heterocycles. The lowest BCUT2D eigenvalue weighted by molar-refractivity contribution is 0.150. The van der Waals surface area contributed by atoms with Crippen molar-refractivity contribution in [3.63, 3.8) is 0 Å². The second-order valence-corrected chi connectivity index (χ2v) is 3.71. The van der Waals surface area contributed by atoms with E-state index in [1.54, 1.807) is 0 Å². The molecular formula is C7H5ClF2IN. The van der Waals surface area contributed by atoms with Crippen LogP contribution in [-0.4, -0.2) is 4.98 Å². The molecule has 0 atom stereocenters. The standard InChI is InChI=1S/C7H5ClF2IN/c1-3-4(7(9)10)2-5(11)12-6(3)8/h2,7H,1H3. The van der Waals surface area contributed by atoms with Crippen LogP contribution in [0.15, 0.2) is 6.07 Å². The van der Waals surface area contributed by atoms with E-state index in [2.05, 4.69) is 4.98 Å². The SMILES string of the molecule is Cc1c(C(F)F)cc(I)nc1Cl. The van der Waals surface area contributed by atoms with Crippen LogP contribution in [0.4, 0.5) is 8.78 Å². The molecule has 66 valence electrons. The van der Waals surface area contributed by atoms with E-state index in [4.69, 9.17) is 11.6 Å². The zero-order valence-electron chi connectivity index (χ0n) is 6.11. The maximum absolute atomic E-state index is 12.3. The molecule has 12 heavy (non-hydrogen) atoms. The topological polar surface area (TPSA) is 12.9 Å². The molecule has 0 saturated heterocycles. The summed E-state index contributed by atoms with van der Waals surface area (Å²) in [7, 11) is 0. The van der Waals surface area contributed by atoms with Crippen molar-refractivity contribution in [3.8, 4) is 0 Å². The summed E-state index contributed by atoms with van der Waals surface area (Å²) in [5.41, 5.74) is 0.312. The average Bonchev–Trinajstić information content (AvgIpc) is 1.96. The van der Waals surface area contributed by atoms with Gasteiger partial charge in [-0.05, 0) is 41.1 Å². The lowest BCUT2D eigenvalue weighted by Crippen LogP contribution is -1.95. The van der Waals surface area contributed by atoms with Crippen LogP contribution in [0.2, 0.25) is 5.15 Å². The number of rotatable bonds is 1. The van der Waals surface area contributed by atoms with E-state index in [0.29, 0.717) is 9.26 Å². The van der Waals surface area contributed by atoms with E-state index in [-0.39, 0.29) is 10.7 Å². The Kier molecular flexibility index (Phi) is 3.22. The van der Waals surface area contributed by atoms with E-state index >= 15 is 0 Å². The Labute approximate surface area is 87.3 Å². The second-order valence-electron chi connectivity index (χ2n) is 2.25. The number of halogens is 4. The molecule has 1 nitrogen and oxygen atoms in total. The Morgan fingerprint density at radius 3 is 2.67 bits per heavy atom. The summed E-state index contributed by atoms with van der Waals surface area (Å²) in [4.78, 5) is 3.83. The van der Waals surface area contributed by atoms with E-state index < -0.39 is 6.43 Å². The molecule has 1 rings (SSSR count). The lowest BCUT2D eigenvalue weighted by Gasteiger charge is -2.05. The molecule has 1 aromatic rings. The monoisotopic (exact) mass is 303 g/mol. The number of aromatic nitrogens is 1. The summed E-state index contributed by atoms with van der Waals surface area (Å²) in [6, 6.07) is 1.34. The number of pyridine rings is 1. The maximum atomic E-state index is 12.3. The van der Waals surface area contributed by atoms with Gasteiger partial charge in [0.15, 0.2) is 0 Å². The van der Waals surface area contributed by atoms with Crippen LogP contribution >= 0.6 is 34.2 Å². The van der Waals surface area contributed by atoms with Crippen molar-refractivity contribution >= 4 is 34.2 Å². The average molecular weight is 303 g/mol. The minimum atomic E-state index is -2.49. The van der Waals surface area contributed by atoms with Gasteiger partial charge in [0.1, 0.15) is 8.85 Å². The molecular weight excluding hydrogens is 298 g/mol. The van der Waals surface area contributed by atoms with Gasteiger partial charge < -0.3 is 0 Å². The fourth-order valence-corrected chi connectivity index (χ4v) is 1.71. The van der Waals surface area contributed by atoms with Crippen molar-refractivity contribution in [1.29, 1.82) is 0 Å². The van der Waals surface area contributed by atoms with Gasteiger partial charge in [0.2, 0.25) is 0 Å². The molecule has 1 aromatic heterocycles. The van der Waals surface area contributed by atoms with Crippen molar-refractivity contribution < 1.29 is 8.78 Å². The Morgan fingerprint density at radius 2 is 2.17 bits per heavy atom. The van der Waals surface area contributed by atoms with Gasteiger partial charge in [-0.15, -0.1) is 0 Å². The van der Waals surface area contributed by atoms with E-state index in [1.807, 2.05) is 22.6 Å². The summed E-state index contributed by atoms with van der Waals surface area (Å²) in [5.74, 6) is 0. The van der Waals surface area contributed by atoms with Crippen LogP contribution in [0, 0.1) is 10.6 Å². The maximum Gasteiger partial charge on any atom is 0.264 e. The first-order chi connectivity index (χ1) is 5.52. The molecule has 0 aliphatic rings. The highest BCUT2D eigenvalue weighted by atomic mass is 127. The zero-order chi connectivity index (χ0) is 9.30. The van der Waals surface area contributed by atoms with E-state index in [0.717, 1.165) is 0 Å². The lowest BCUT2D eigenvalue weighted by atomic mass is 10.2. The van der Waals surface area contributed by atoms with Gasteiger partial charge in [-0.2, -0.15) is 0 Å². The first-order valence-electron chi connectivity index (χ1n) is 3.13. The predicted molar refractivity (Wildman–Crippen MR) is 51.7 cm³/mol. The minimum Gasteiger partial charge on any atom is -0.230 e.